The molecule has 16 heteroatoms. The van der Waals surface area contributed by atoms with Crippen LogP contribution >= 0.6 is 11.8 Å². The van der Waals surface area contributed by atoms with Gasteiger partial charge in [-0.25, -0.2) is 9.59 Å². The van der Waals surface area contributed by atoms with Gasteiger partial charge in [-0.15, -0.1) is 0 Å². The van der Waals surface area contributed by atoms with Gasteiger partial charge in [-0.05, 0) is 25.3 Å². The first-order valence-corrected chi connectivity index (χ1v) is 18.3. The van der Waals surface area contributed by atoms with E-state index in [1.54, 1.807) is 30.3 Å². The van der Waals surface area contributed by atoms with E-state index in [4.69, 9.17) is 16.2 Å². The molecule has 0 aliphatic carbocycles. The maximum Gasteiger partial charge on any atom is 0.408 e. The number of nitrogens with two attached hydrogens (primary N) is 2. The van der Waals surface area contributed by atoms with Crippen LogP contribution in [-0.2, 0) is 40.1 Å². The Labute approximate surface area is 298 Å². The number of carboxylic acid groups (broad SMARTS) is 1. The Morgan fingerprint density at radius 3 is 2.00 bits per heavy atom. The number of alkyl carbamates (subject to hydrolysis) is 1. The zero-order valence-corrected chi connectivity index (χ0v) is 29.9. The summed E-state index contributed by atoms with van der Waals surface area (Å²) in [6, 6.07) is 4.12. The van der Waals surface area contributed by atoms with Gasteiger partial charge >= 0.3 is 12.1 Å². The number of carboxylic acids is 1. The predicted molar refractivity (Wildman–Crippen MR) is 189 cm³/mol. The van der Waals surface area contributed by atoms with Crippen molar-refractivity contribution in [3.8, 4) is 0 Å². The van der Waals surface area contributed by atoms with Gasteiger partial charge in [0.05, 0.1) is 6.04 Å². The number of thioether (sulfide) groups is 1. The van der Waals surface area contributed by atoms with Gasteiger partial charge < -0.3 is 37.3 Å². The van der Waals surface area contributed by atoms with Crippen molar-refractivity contribution in [2.45, 2.75) is 122 Å². The van der Waals surface area contributed by atoms with Gasteiger partial charge in [0.15, 0.2) is 0 Å². The average molecular weight is 723 g/mol. The second-order valence-electron chi connectivity index (χ2n) is 12.0. The van der Waals surface area contributed by atoms with E-state index in [1.165, 1.54) is 39.0 Å². The molecular weight excluding hydrogens is 668 g/mol. The summed E-state index contributed by atoms with van der Waals surface area (Å²) in [5.41, 5.74) is 12.0. The summed E-state index contributed by atoms with van der Waals surface area (Å²) in [5.74, 6) is -4.97. The van der Waals surface area contributed by atoms with Crippen molar-refractivity contribution >= 4 is 53.4 Å². The predicted octanol–water partition coefficient (Wildman–Crippen LogP) is 2.25. The highest BCUT2D eigenvalue weighted by Gasteiger charge is 2.25. The molecule has 0 saturated heterocycles. The molecule has 0 aliphatic heterocycles. The smallest absolute Gasteiger partial charge is 0.408 e. The number of hydrogen-bond donors (Lipinski definition) is 7. The monoisotopic (exact) mass is 722 g/mol. The Kier molecular flexibility index (Phi) is 22.6. The van der Waals surface area contributed by atoms with Crippen LogP contribution in [0.15, 0.2) is 30.3 Å². The first-order valence-electron chi connectivity index (χ1n) is 17.1. The van der Waals surface area contributed by atoms with Crippen molar-refractivity contribution < 1.29 is 43.4 Å². The molecule has 0 aliphatic rings. The maximum absolute atomic E-state index is 12.6. The summed E-state index contributed by atoms with van der Waals surface area (Å²) >= 11 is 0.968. The molecule has 15 nitrogen and oxygen atoms in total. The number of rotatable bonds is 26. The van der Waals surface area contributed by atoms with Gasteiger partial charge in [-0.2, -0.15) is 11.8 Å². The molecule has 50 heavy (non-hydrogen) atoms. The van der Waals surface area contributed by atoms with Crippen molar-refractivity contribution in [3.05, 3.63) is 35.9 Å². The average Bonchev–Trinajstić information content (AvgIpc) is 3.07. The summed E-state index contributed by atoms with van der Waals surface area (Å²) < 4.78 is 5.04. The summed E-state index contributed by atoms with van der Waals surface area (Å²) in [4.78, 5) is 85.2. The van der Waals surface area contributed by atoms with Crippen LogP contribution in [-0.4, -0.2) is 82.4 Å². The molecule has 280 valence electrons. The number of aliphatic carboxylic acids is 1. The fraction of sp³-hybridized carbons (Fsp3) is 0.618. The van der Waals surface area contributed by atoms with Gasteiger partial charge in [0.25, 0.3) is 0 Å². The van der Waals surface area contributed by atoms with Crippen LogP contribution in [0.5, 0.6) is 0 Å². The largest absolute Gasteiger partial charge is 0.480 e. The number of carbonyl (C=O) groups is 7. The normalized spacial score (nSPS) is 13.2. The molecule has 0 spiro atoms. The lowest BCUT2D eigenvalue weighted by Gasteiger charge is -2.19. The van der Waals surface area contributed by atoms with E-state index in [2.05, 4.69) is 28.2 Å². The first kappa shape index (κ1) is 43.8. The second-order valence-corrected chi connectivity index (χ2v) is 13.1. The van der Waals surface area contributed by atoms with Gasteiger partial charge in [-0.1, -0.05) is 88.6 Å². The van der Waals surface area contributed by atoms with E-state index < -0.39 is 59.9 Å². The molecule has 4 atom stereocenters. The highest BCUT2D eigenvalue weighted by Crippen LogP contribution is 2.11. The summed E-state index contributed by atoms with van der Waals surface area (Å²) in [6.07, 6.45) is 8.78. The fourth-order valence-electron chi connectivity index (χ4n) is 4.60. The zero-order valence-electron chi connectivity index (χ0n) is 29.1. The molecule has 0 heterocycles. The first-order chi connectivity index (χ1) is 23.8. The van der Waals surface area contributed by atoms with Crippen molar-refractivity contribution in [2.24, 2.45) is 11.5 Å². The molecule has 0 radical (unpaired) electrons. The van der Waals surface area contributed by atoms with E-state index in [-0.39, 0.29) is 43.3 Å². The maximum atomic E-state index is 12.6. The number of carbonyl (C=O) groups excluding carboxylic acids is 6. The number of nitrogens with one attached hydrogen (secondary N) is 4. The zero-order chi connectivity index (χ0) is 37.3. The number of unbranched alkanes of at least 4 members (excludes halogenated alkanes) is 8. The molecule has 0 aromatic heterocycles. The van der Waals surface area contributed by atoms with E-state index >= 15 is 0 Å². The number of primary amides is 1. The Morgan fingerprint density at radius 1 is 0.780 bits per heavy atom. The molecule has 1 aromatic carbocycles. The third-order valence-corrected chi connectivity index (χ3v) is 8.75. The van der Waals surface area contributed by atoms with Crippen molar-refractivity contribution in [2.75, 3.05) is 11.5 Å². The van der Waals surface area contributed by atoms with Crippen LogP contribution in [0.1, 0.15) is 96.5 Å². The molecule has 0 bridgehead atoms. The SMILES string of the molecule is CCCCCCCCCCCC(=O)N[C@@H](C)C(=O)N[C@H](CCC(=O)NC(=O)C(N)CSCC(NC(=O)OCc1ccccc1)C(=O)O)C(N)=O. The topological polar surface area (TPSA) is 249 Å². The van der Waals surface area contributed by atoms with Gasteiger partial charge in [0.2, 0.25) is 29.5 Å². The lowest BCUT2D eigenvalue weighted by atomic mass is 10.1. The van der Waals surface area contributed by atoms with Gasteiger partial charge in [-0.3, -0.25) is 29.3 Å². The molecule has 2 unspecified atom stereocenters. The Hall–Kier alpha value is -4.18. The lowest BCUT2D eigenvalue weighted by molar-refractivity contribution is -0.138. The van der Waals surface area contributed by atoms with Crippen LogP contribution in [0.2, 0.25) is 0 Å². The quantitative estimate of drug-likeness (QED) is 0.0683. The second kappa shape index (κ2) is 25.7. The molecule has 0 fully saturated rings. The number of hydrogen-bond acceptors (Lipinski definition) is 10. The molecule has 1 aromatic rings. The minimum absolute atomic E-state index is 0.0470. The number of benzene rings is 1. The van der Waals surface area contributed by atoms with E-state index in [0.717, 1.165) is 36.6 Å². The summed E-state index contributed by atoms with van der Waals surface area (Å²) in [5, 5.41) is 18.8. The van der Waals surface area contributed by atoms with Gasteiger partial charge in [0, 0.05) is 24.3 Å². The minimum Gasteiger partial charge on any atom is -0.480 e. The van der Waals surface area contributed by atoms with Crippen LogP contribution in [0.3, 0.4) is 0 Å². The van der Waals surface area contributed by atoms with Crippen LogP contribution in [0, 0.1) is 0 Å². The van der Waals surface area contributed by atoms with Crippen molar-refractivity contribution in [3.63, 3.8) is 0 Å². The Balaban J connectivity index is 2.36. The Morgan fingerprint density at radius 2 is 1.40 bits per heavy atom. The summed E-state index contributed by atoms with van der Waals surface area (Å²) in [6.45, 7) is 3.61. The molecule has 9 N–H and O–H groups in total. The number of imide groups is 1. The molecule has 0 saturated carbocycles. The van der Waals surface area contributed by atoms with Gasteiger partial charge in [0.1, 0.15) is 24.7 Å². The van der Waals surface area contributed by atoms with Crippen molar-refractivity contribution in [1.29, 1.82) is 0 Å². The van der Waals surface area contributed by atoms with Crippen LogP contribution < -0.4 is 32.7 Å². The lowest BCUT2D eigenvalue weighted by Crippen LogP contribution is -2.52. The third-order valence-electron chi connectivity index (χ3n) is 7.58. The summed E-state index contributed by atoms with van der Waals surface area (Å²) in [7, 11) is 0. The van der Waals surface area contributed by atoms with Crippen molar-refractivity contribution in [1.82, 2.24) is 21.3 Å². The third kappa shape index (κ3) is 20.4. The van der Waals surface area contributed by atoms with Crippen LogP contribution in [0.4, 0.5) is 4.79 Å². The minimum atomic E-state index is -1.32. The molecule has 6 amide bonds. The van der Waals surface area contributed by atoms with E-state index in [9.17, 15) is 38.7 Å². The highest BCUT2D eigenvalue weighted by atomic mass is 32.2. The fourth-order valence-corrected chi connectivity index (χ4v) is 5.60. The highest BCUT2D eigenvalue weighted by molar-refractivity contribution is 7.99. The van der Waals surface area contributed by atoms with E-state index in [1.807, 2.05) is 0 Å². The Bertz CT molecular complexity index is 1240. The number of ether oxygens (including phenoxy) is 1. The number of amides is 6. The molecule has 1 rings (SSSR count). The standard InChI is InChI=1S/C34H54N6O9S/c1-3-4-5-6-7-8-9-10-14-17-28(41)37-23(2)31(44)38-26(30(36)43)18-19-29(42)40-32(45)25(35)21-50-22-27(33(46)47)39-34(48)49-20-24-15-12-11-13-16-24/h11-13,15-16,23,25-27H,3-10,14,17-22,35H2,1-2H3,(H2,36,43)(H,37,41)(H,38,44)(H,39,48)(H,46,47)(H,40,42,45)/t23-,25?,26+,27?/m0/s1. The van der Waals surface area contributed by atoms with Crippen LogP contribution in [0.25, 0.3) is 0 Å². The van der Waals surface area contributed by atoms with E-state index in [0.29, 0.717) is 6.42 Å². The molecular formula is C34H54N6O9S.